The van der Waals surface area contributed by atoms with E-state index in [-0.39, 0.29) is 17.4 Å². The molecule has 32 heavy (non-hydrogen) atoms. The van der Waals surface area contributed by atoms with Gasteiger partial charge < -0.3 is 8.98 Å². The fourth-order valence-electron chi connectivity index (χ4n) is 3.69. The number of aromatic nitrogens is 3. The first-order chi connectivity index (χ1) is 15.5. The second-order valence-corrected chi connectivity index (χ2v) is 8.27. The minimum absolute atomic E-state index is 0.111. The van der Waals surface area contributed by atoms with Crippen LogP contribution in [0.15, 0.2) is 77.5 Å². The molecule has 5 aromatic rings. The van der Waals surface area contributed by atoms with Crippen LogP contribution in [0.5, 0.6) is 0 Å². The van der Waals surface area contributed by atoms with E-state index in [4.69, 9.17) is 27.6 Å². The predicted octanol–water partition coefficient (Wildman–Crippen LogP) is 6.59. The van der Waals surface area contributed by atoms with Crippen LogP contribution in [0.1, 0.15) is 27.2 Å². The van der Waals surface area contributed by atoms with Gasteiger partial charge in [-0.25, -0.2) is 4.98 Å². The summed E-state index contributed by atoms with van der Waals surface area (Å²) < 4.78 is 7.67. The van der Waals surface area contributed by atoms with Gasteiger partial charge in [-0.2, -0.15) is 0 Å². The molecule has 0 fully saturated rings. The second kappa shape index (κ2) is 8.26. The van der Waals surface area contributed by atoms with Crippen LogP contribution in [-0.2, 0) is 6.54 Å². The van der Waals surface area contributed by atoms with Crippen molar-refractivity contribution < 1.29 is 9.21 Å². The van der Waals surface area contributed by atoms with Crippen molar-refractivity contribution in [2.24, 2.45) is 0 Å². The summed E-state index contributed by atoms with van der Waals surface area (Å²) in [5.74, 6) is 0.0703. The Hall–Kier alpha value is -3.41. The van der Waals surface area contributed by atoms with Crippen LogP contribution in [0, 0.1) is 6.92 Å². The topological polar surface area (TPSA) is 60.9 Å². The Morgan fingerprint density at radius 2 is 1.84 bits per heavy atom. The normalized spacial score (nSPS) is 11.2. The van der Waals surface area contributed by atoms with E-state index in [1.165, 1.54) is 6.20 Å². The minimum atomic E-state index is -0.324. The molecule has 7 heteroatoms. The zero-order chi connectivity index (χ0) is 22.2. The lowest BCUT2D eigenvalue weighted by molar-refractivity contribution is 0.101. The summed E-state index contributed by atoms with van der Waals surface area (Å²) in [6.07, 6.45) is 3.06. The molecule has 0 spiro atoms. The van der Waals surface area contributed by atoms with Gasteiger partial charge in [0.1, 0.15) is 10.8 Å². The van der Waals surface area contributed by atoms with Gasteiger partial charge in [0, 0.05) is 23.2 Å². The molecule has 0 bridgehead atoms. The predicted molar refractivity (Wildman–Crippen MR) is 125 cm³/mol. The number of hydrogen-bond acceptors (Lipinski definition) is 4. The van der Waals surface area contributed by atoms with E-state index in [0.29, 0.717) is 28.0 Å². The molecule has 0 saturated heterocycles. The average Bonchev–Trinajstić information content (AvgIpc) is 3.39. The molecule has 0 aliphatic rings. The molecule has 158 valence electrons. The molecule has 2 aromatic carbocycles. The SMILES string of the molecule is Cc1ccc2c(c1)c(C(=O)c1cnc(-c3ccccn3)o1)c(Cl)n2Cc1ccc(Cl)cc1. The molecule has 0 saturated carbocycles. The number of ketones is 1. The van der Waals surface area contributed by atoms with Gasteiger partial charge in [0.05, 0.1) is 17.3 Å². The number of aryl methyl sites for hydroxylation is 1. The summed E-state index contributed by atoms with van der Waals surface area (Å²) in [5.41, 5.74) is 3.86. The Bertz CT molecular complexity index is 1440. The van der Waals surface area contributed by atoms with Gasteiger partial charge in [0.2, 0.25) is 11.7 Å². The molecule has 3 aromatic heterocycles. The van der Waals surface area contributed by atoms with Crippen molar-refractivity contribution >= 4 is 39.9 Å². The van der Waals surface area contributed by atoms with E-state index in [1.54, 1.807) is 18.3 Å². The van der Waals surface area contributed by atoms with Crippen LogP contribution in [-0.4, -0.2) is 20.3 Å². The zero-order valence-corrected chi connectivity index (χ0v) is 18.6. The Labute approximate surface area is 194 Å². The van der Waals surface area contributed by atoms with Crippen LogP contribution >= 0.6 is 23.2 Å². The quantitative estimate of drug-likeness (QED) is 0.277. The lowest BCUT2D eigenvalue weighted by Gasteiger charge is -2.08. The van der Waals surface area contributed by atoms with Gasteiger partial charge >= 0.3 is 0 Å². The molecular formula is C25H17Cl2N3O2. The van der Waals surface area contributed by atoms with Crippen molar-refractivity contribution in [3.63, 3.8) is 0 Å². The maximum atomic E-state index is 13.5. The molecule has 0 aliphatic carbocycles. The van der Waals surface area contributed by atoms with Crippen molar-refractivity contribution in [3.05, 3.63) is 106 Å². The highest BCUT2D eigenvalue weighted by Crippen LogP contribution is 2.34. The number of carbonyl (C=O) groups is 1. The Morgan fingerprint density at radius 3 is 2.59 bits per heavy atom. The van der Waals surface area contributed by atoms with Crippen molar-refractivity contribution in [3.8, 4) is 11.6 Å². The maximum Gasteiger partial charge on any atom is 0.245 e. The van der Waals surface area contributed by atoms with Crippen LogP contribution in [0.2, 0.25) is 10.2 Å². The Kier molecular flexibility index (Phi) is 5.29. The summed E-state index contributed by atoms with van der Waals surface area (Å²) in [5, 5.41) is 1.78. The number of fused-ring (bicyclic) bond motifs is 1. The first-order valence-electron chi connectivity index (χ1n) is 9.96. The standard InChI is InChI=1S/C25H17Cl2N3O2/c1-15-5-10-20-18(12-15)22(24(27)30(20)14-16-6-8-17(26)9-7-16)23(31)21-13-29-25(32-21)19-4-2-3-11-28-19/h2-13H,14H2,1H3. The fraction of sp³-hybridized carbons (Fsp3) is 0.0800. The van der Waals surface area contributed by atoms with E-state index in [2.05, 4.69) is 9.97 Å². The third kappa shape index (κ3) is 3.70. The van der Waals surface area contributed by atoms with E-state index in [0.717, 1.165) is 22.0 Å². The number of carbonyl (C=O) groups excluding carboxylic acids is 1. The van der Waals surface area contributed by atoms with Crippen LogP contribution in [0.25, 0.3) is 22.5 Å². The lowest BCUT2D eigenvalue weighted by atomic mass is 10.1. The molecule has 5 nitrogen and oxygen atoms in total. The van der Waals surface area contributed by atoms with Gasteiger partial charge in [0.25, 0.3) is 0 Å². The third-order valence-corrected chi connectivity index (χ3v) is 5.89. The Morgan fingerprint density at radius 1 is 1.03 bits per heavy atom. The van der Waals surface area contributed by atoms with Gasteiger partial charge in [-0.05, 0) is 48.9 Å². The third-order valence-electron chi connectivity index (χ3n) is 5.25. The van der Waals surface area contributed by atoms with Gasteiger partial charge in [0.15, 0.2) is 5.76 Å². The van der Waals surface area contributed by atoms with E-state index in [9.17, 15) is 4.79 Å². The van der Waals surface area contributed by atoms with Crippen molar-refractivity contribution in [1.82, 2.24) is 14.5 Å². The number of nitrogens with zero attached hydrogens (tertiary/aromatic N) is 3. The number of oxazole rings is 1. The van der Waals surface area contributed by atoms with Crippen LogP contribution in [0.3, 0.4) is 0 Å². The molecular weight excluding hydrogens is 445 g/mol. The molecule has 0 atom stereocenters. The molecule has 0 amide bonds. The summed E-state index contributed by atoms with van der Waals surface area (Å²) in [6.45, 7) is 2.48. The van der Waals surface area contributed by atoms with Crippen molar-refractivity contribution in [2.75, 3.05) is 0 Å². The molecule has 0 unspecified atom stereocenters. The number of halogens is 2. The molecule has 0 radical (unpaired) electrons. The maximum absolute atomic E-state index is 13.5. The number of benzene rings is 2. The second-order valence-electron chi connectivity index (χ2n) is 7.47. The summed E-state index contributed by atoms with van der Waals surface area (Å²) >= 11 is 12.8. The average molecular weight is 462 g/mol. The van der Waals surface area contributed by atoms with Gasteiger partial charge in [-0.3, -0.25) is 9.78 Å². The summed E-state index contributed by atoms with van der Waals surface area (Å²) in [4.78, 5) is 21.9. The largest absolute Gasteiger partial charge is 0.431 e. The van der Waals surface area contributed by atoms with E-state index in [1.807, 2.05) is 60.0 Å². The summed E-state index contributed by atoms with van der Waals surface area (Å²) in [7, 11) is 0. The minimum Gasteiger partial charge on any atom is -0.431 e. The van der Waals surface area contributed by atoms with Crippen molar-refractivity contribution in [1.29, 1.82) is 0 Å². The molecule has 5 rings (SSSR count). The first kappa shape index (κ1) is 20.5. The zero-order valence-electron chi connectivity index (χ0n) is 17.0. The Balaban J connectivity index is 1.60. The lowest BCUT2D eigenvalue weighted by Crippen LogP contribution is -2.03. The van der Waals surface area contributed by atoms with Crippen LogP contribution < -0.4 is 0 Å². The van der Waals surface area contributed by atoms with E-state index >= 15 is 0 Å². The molecule has 3 heterocycles. The molecule has 0 N–H and O–H groups in total. The number of hydrogen-bond donors (Lipinski definition) is 0. The molecule has 0 aliphatic heterocycles. The van der Waals surface area contributed by atoms with Crippen LogP contribution in [0.4, 0.5) is 0 Å². The highest BCUT2D eigenvalue weighted by atomic mass is 35.5. The fourth-order valence-corrected chi connectivity index (χ4v) is 4.15. The van der Waals surface area contributed by atoms with Crippen molar-refractivity contribution in [2.45, 2.75) is 13.5 Å². The van der Waals surface area contributed by atoms with E-state index < -0.39 is 0 Å². The first-order valence-corrected chi connectivity index (χ1v) is 10.7. The highest BCUT2D eigenvalue weighted by Gasteiger charge is 2.26. The number of rotatable bonds is 5. The van der Waals surface area contributed by atoms with Gasteiger partial charge in [-0.1, -0.05) is 53.0 Å². The summed E-state index contributed by atoms with van der Waals surface area (Å²) in [6, 6.07) is 18.9. The number of pyridine rings is 1. The smallest absolute Gasteiger partial charge is 0.245 e. The monoisotopic (exact) mass is 461 g/mol. The highest BCUT2D eigenvalue weighted by molar-refractivity contribution is 6.37. The van der Waals surface area contributed by atoms with Gasteiger partial charge in [-0.15, -0.1) is 0 Å².